The van der Waals surface area contributed by atoms with Crippen LogP contribution in [-0.4, -0.2) is 10.1 Å². The third kappa shape index (κ3) is 3.58. The maximum absolute atomic E-state index is 2.57. The molecule has 2 unspecified atom stereocenters. The maximum Gasteiger partial charge on any atom is 0.0712 e. The first-order valence-corrected chi connectivity index (χ1v) is 16.8. The van der Waals surface area contributed by atoms with Crippen LogP contribution in [0.3, 0.4) is 0 Å². The van der Waals surface area contributed by atoms with E-state index in [1.54, 1.807) is 0 Å². The van der Waals surface area contributed by atoms with Crippen LogP contribution in [0.2, 0.25) is 0 Å². The van der Waals surface area contributed by atoms with Crippen molar-refractivity contribution in [1.29, 1.82) is 0 Å². The average Bonchev–Trinajstić information content (AvgIpc) is 3.73. The van der Waals surface area contributed by atoms with Crippen LogP contribution < -0.4 is 4.90 Å². The van der Waals surface area contributed by atoms with E-state index in [1.807, 2.05) is 11.3 Å². The zero-order valence-electron chi connectivity index (χ0n) is 25.4. The highest BCUT2D eigenvalue weighted by Gasteiger charge is 2.47. The van der Waals surface area contributed by atoms with Crippen molar-refractivity contribution in [3.63, 3.8) is 0 Å². The van der Waals surface area contributed by atoms with Gasteiger partial charge in [-0.05, 0) is 90.3 Å². The van der Waals surface area contributed by atoms with Gasteiger partial charge in [0.1, 0.15) is 0 Å². The summed E-state index contributed by atoms with van der Waals surface area (Å²) < 4.78 is 5.06. The number of anilines is 2. The lowest BCUT2D eigenvalue weighted by molar-refractivity contribution is 0.542. The number of hydrogen-bond acceptors (Lipinski definition) is 2. The van der Waals surface area contributed by atoms with Crippen molar-refractivity contribution in [3.05, 3.63) is 163 Å². The minimum Gasteiger partial charge on any atom is -0.331 e. The Morgan fingerprint density at radius 2 is 1.30 bits per heavy atom. The van der Waals surface area contributed by atoms with E-state index in [-0.39, 0.29) is 11.5 Å². The van der Waals surface area contributed by atoms with Crippen molar-refractivity contribution in [2.24, 2.45) is 0 Å². The largest absolute Gasteiger partial charge is 0.331 e. The Labute approximate surface area is 271 Å². The number of fused-ring (bicyclic) bond motifs is 9. The molecule has 218 valence electrons. The zero-order chi connectivity index (χ0) is 30.4. The van der Waals surface area contributed by atoms with Crippen molar-refractivity contribution >= 4 is 64.7 Å². The Kier molecular flexibility index (Phi) is 5.38. The highest BCUT2D eigenvalue weighted by Crippen LogP contribution is 2.55. The quantitative estimate of drug-likeness (QED) is 0.194. The van der Waals surface area contributed by atoms with Crippen molar-refractivity contribution in [2.75, 3.05) is 4.90 Å². The third-order valence-corrected chi connectivity index (χ3v) is 11.4. The summed E-state index contributed by atoms with van der Waals surface area (Å²) in [5, 5.41) is 5.23. The van der Waals surface area contributed by atoms with Gasteiger partial charge in [0.25, 0.3) is 0 Å². The summed E-state index contributed by atoms with van der Waals surface area (Å²) in [7, 11) is 0. The minimum absolute atomic E-state index is 0.192. The standard InChI is InChI=1S/C43H30N2S/c1-43-24-10-9-15-37(43)36-26-29(19-22-40(36)45(43)31-20-23-42-35(27-31)33-14-6-8-17-41(33)46-42)28-18-21-39-34(25-28)32-13-5-7-16-38(32)44(39)30-11-3-2-4-12-30/h2-27,37H,1H3. The van der Waals surface area contributed by atoms with Gasteiger partial charge in [0.15, 0.2) is 0 Å². The molecule has 1 aliphatic heterocycles. The molecule has 2 aliphatic rings. The van der Waals surface area contributed by atoms with Gasteiger partial charge < -0.3 is 9.47 Å². The molecular formula is C43H30N2S. The fourth-order valence-corrected chi connectivity index (χ4v) is 9.17. The van der Waals surface area contributed by atoms with Gasteiger partial charge in [-0.25, -0.2) is 0 Å². The molecular weight excluding hydrogens is 577 g/mol. The Bertz CT molecular complexity index is 2570. The molecule has 0 saturated carbocycles. The number of nitrogens with zero attached hydrogens (tertiary/aromatic N) is 2. The van der Waals surface area contributed by atoms with Crippen molar-refractivity contribution in [1.82, 2.24) is 4.57 Å². The van der Waals surface area contributed by atoms with Gasteiger partial charge >= 0.3 is 0 Å². The second-order valence-electron chi connectivity index (χ2n) is 12.8. The number of allylic oxidation sites excluding steroid dienone is 2. The summed E-state index contributed by atoms with van der Waals surface area (Å²) in [5.74, 6) is 0.256. The monoisotopic (exact) mass is 606 g/mol. The summed E-state index contributed by atoms with van der Waals surface area (Å²) in [6.07, 6.45) is 9.20. The van der Waals surface area contributed by atoms with E-state index in [0.717, 1.165) is 0 Å². The Morgan fingerprint density at radius 3 is 2.22 bits per heavy atom. The molecule has 0 amide bonds. The maximum atomic E-state index is 2.57. The van der Waals surface area contributed by atoms with Gasteiger partial charge in [0.05, 0.1) is 16.6 Å². The molecule has 0 bridgehead atoms. The SMILES string of the molecule is CC12C=CC=CC1c1cc(-c3ccc4c(c3)c3ccccc3n4-c3ccccc3)ccc1N2c1ccc2sc3ccccc3c2c1. The predicted octanol–water partition coefficient (Wildman–Crippen LogP) is 11.9. The first kappa shape index (κ1) is 25.9. The van der Waals surface area contributed by atoms with E-state index in [0.29, 0.717) is 0 Å². The molecule has 0 saturated heterocycles. The lowest BCUT2D eigenvalue weighted by Gasteiger charge is -2.39. The molecule has 1 aliphatic carbocycles. The minimum atomic E-state index is -0.192. The van der Waals surface area contributed by atoms with Crippen molar-refractivity contribution < 1.29 is 0 Å². The molecule has 0 spiro atoms. The van der Waals surface area contributed by atoms with Crippen molar-refractivity contribution in [2.45, 2.75) is 18.4 Å². The van der Waals surface area contributed by atoms with E-state index in [4.69, 9.17) is 0 Å². The van der Waals surface area contributed by atoms with Crippen LogP contribution in [-0.2, 0) is 0 Å². The molecule has 6 aromatic carbocycles. The van der Waals surface area contributed by atoms with Crippen LogP contribution in [0.5, 0.6) is 0 Å². The molecule has 0 N–H and O–H groups in total. The van der Waals surface area contributed by atoms with E-state index < -0.39 is 0 Å². The topological polar surface area (TPSA) is 8.17 Å². The summed E-state index contributed by atoms with van der Waals surface area (Å²) in [6, 6.07) is 49.3. The number of thiophene rings is 1. The molecule has 8 aromatic rings. The van der Waals surface area contributed by atoms with Gasteiger partial charge in [0.2, 0.25) is 0 Å². The van der Waals surface area contributed by atoms with E-state index in [9.17, 15) is 0 Å². The first-order chi connectivity index (χ1) is 22.7. The number of para-hydroxylation sites is 2. The second kappa shape index (κ2) is 9.56. The summed E-state index contributed by atoms with van der Waals surface area (Å²) in [5.41, 5.74) is 9.85. The van der Waals surface area contributed by atoms with Crippen LogP contribution in [0.25, 0.3) is 58.8 Å². The highest BCUT2D eigenvalue weighted by molar-refractivity contribution is 7.25. The third-order valence-electron chi connectivity index (χ3n) is 10.2. The van der Waals surface area contributed by atoms with Gasteiger partial charge in [-0.1, -0.05) is 91.0 Å². The molecule has 0 radical (unpaired) electrons. The summed E-state index contributed by atoms with van der Waals surface area (Å²) >= 11 is 1.88. The highest BCUT2D eigenvalue weighted by atomic mass is 32.1. The summed E-state index contributed by atoms with van der Waals surface area (Å²) in [6.45, 7) is 2.39. The first-order valence-electron chi connectivity index (χ1n) is 16.0. The van der Waals surface area contributed by atoms with E-state index >= 15 is 0 Å². The van der Waals surface area contributed by atoms with Crippen LogP contribution in [0.1, 0.15) is 18.4 Å². The fraction of sp³-hybridized carbons (Fsp3) is 0.0698. The number of benzene rings is 6. The Hall–Kier alpha value is -5.38. The van der Waals surface area contributed by atoms with E-state index in [1.165, 1.54) is 75.7 Å². The molecule has 2 nitrogen and oxygen atoms in total. The smallest absolute Gasteiger partial charge is 0.0712 e. The van der Waals surface area contributed by atoms with Crippen LogP contribution in [0.4, 0.5) is 11.4 Å². The summed E-state index contributed by atoms with van der Waals surface area (Å²) in [4.78, 5) is 2.57. The molecule has 3 heteroatoms. The number of aromatic nitrogens is 1. The van der Waals surface area contributed by atoms with Gasteiger partial charge in [-0.2, -0.15) is 0 Å². The van der Waals surface area contributed by atoms with Crippen LogP contribution in [0.15, 0.2) is 158 Å². The van der Waals surface area contributed by atoms with Crippen molar-refractivity contribution in [3.8, 4) is 16.8 Å². The Morgan fingerprint density at radius 1 is 0.565 bits per heavy atom. The zero-order valence-corrected chi connectivity index (χ0v) is 26.2. The van der Waals surface area contributed by atoms with Gasteiger partial charge in [-0.3, -0.25) is 0 Å². The van der Waals surface area contributed by atoms with Gasteiger partial charge in [0, 0.05) is 53.9 Å². The van der Waals surface area contributed by atoms with Crippen LogP contribution >= 0.6 is 11.3 Å². The molecule has 0 fully saturated rings. The lowest BCUT2D eigenvalue weighted by atomic mass is 9.80. The molecule has 10 rings (SSSR count). The number of rotatable bonds is 3. The average molecular weight is 607 g/mol. The normalized spacial score (nSPS) is 18.6. The van der Waals surface area contributed by atoms with E-state index in [2.05, 4.69) is 174 Å². The van der Waals surface area contributed by atoms with Crippen LogP contribution in [0, 0.1) is 0 Å². The van der Waals surface area contributed by atoms with Gasteiger partial charge in [-0.15, -0.1) is 11.3 Å². The predicted molar refractivity (Wildman–Crippen MR) is 197 cm³/mol. The molecule has 2 atom stereocenters. The fourth-order valence-electron chi connectivity index (χ4n) is 8.08. The number of hydrogen-bond donors (Lipinski definition) is 0. The Balaban J connectivity index is 1.13. The second-order valence-corrected chi connectivity index (χ2v) is 13.8. The molecule has 2 aromatic heterocycles. The molecule has 3 heterocycles. The lowest BCUT2D eigenvalue weighted by Crippen LogP contribution is -2.41. The molecule has 46 heavy (non-hydrogen) atoms.